The number of likely N-dealkylation sites (N-methyl/N-ethyl adjacent to an activating group) is 1. The highest BCUT2D eigenvalue weighted by Crippen LogP contribution is 2.56. The van der Waals surface area contributed by atoms with E-state index in [4.69, 9.17) is 17.2 Å². The molecule has 2 saturated carbocycles. The third kappa shape index (κ3) is 2.74. The summed E-state index contributed by atoms with van der Waals surface area (Å²) >= 11 is 0. The highest BCUT2D eigenvalue weighted by Gasteiger charge is 2.78. The van der Waals surface area contributed by atoms with Crippen LogP contribution in [0.25, 0.3) is 0 Å². The van der Waals surface area contributed by atoms with Crippen LogP contribution in [0.2, 0.25) is 0 Å². The van der Waals surface area contributed by atoms with Gasteiger partial charge in [0.15, 0.2) is 34.5 Å². The predicted molar refractivity (Wildman–Crippen MR) is 118 cm³/mol. The number of ketones is 4. The zero-order valence-electron chi connectivity index (χ0n) is 19.3. The van der Waals surface area contributed by atoms with Gasteiger partial charge in [0.1, 0.15) is 11.7 Å². The average Bonchev–Trinajstić information content (AvgIpc) is 2.72. The molecule has 0 saturated heterocycles. The average molecular weight is 497 g/mol. The fourth-order valence-electron chi connectivity index (χ4n) is 6.41. The van der Waals surface area contributed by atoms with Crippen LogP contribution in [-0.4, -0.2) is 81.3 Å². The molecule has 0 bridgehead atoms. The first kappa shape index (κ1) is 25.1. The Kier molecular flexibility index (Phi) is 5.23. The molecule has 1 aromatic rings. The number of rotatable bonds is 3. The maximum atomic E-state index is 14.1. The Bertz CT molecular complexity index is 1350. The molecule has 8 N–H and O–H groups in total. The van der Waals surface area contributed by atoms with Crippen molar-refractivity contribution in [1.82, 2.24) is 4.90 Å². The predicted octanol–water partition coefficient (Wildman–Crippen LogP) is -2.49. The number of nitrogens with two attached hydrogens (primary N) is 3. The van der Waals surface area contributed by atoms with Gasteiger partial charge in [0.2, 0.25) is 5.91 Å². The van der Waals surface area contributed by atoms with Crippen LogP contribution in [-0.2, 0) is 25.6 Å². The van der Waals surface area contributed by atoms with E-state index in [0.29, 0.717) is 0 Å². The number of Topliss-reactive ketones (excluding diaryl/α,β-unsaturated/α-hetero) is 4. The Morgan fingerprint density at radius 1 is 1.14 bits per heavy atom. The van der Waals surface area contributed by atoms with Gasteiger partial charge in [-0.3, -0.25) is 28.9 Å². The minimum atomic E-state index is -2.85. The van der Waals surface area contributed by atoms with Crippen molar-refractivity contribution in [1.29, 1.82) is 5.26 Å². The number of carboxylic acid groups (broad SMARTS) is 1. The topological polar surface area (TPSA) is 248 Å². The normalized spacial score (nSPS) is 35.5. The van der Waals surface area contributed by atoms with Crippen LogP contribution in [0.3, 0.4) is 0 Å². The van der Waals surface area contributed by atoms with Gasteiger partial charge in [0.05, 0.1) is 28.8 Å². The largest absolute Gasteiger partial charge is 0.507 e. The quantitative estimate of drug-likeness (QED) is 0.272. The summed E-state index contributed by atoms with van der Waals surface area (Å²) in [5.74, 6) is -12.4. The second kappa shape index (κ2) is 7.50. The van der Waals surface area contributed by atoms with E-state index in [9.17, 15) is 44.2 Å². The zero-order valence-corrected chi connectivity index (χ0v) is 19.3. The lowest BCUT2D eigenvalue weighted by atomic mass is 9.42. The summed E-state index contributed by atoms with van der Waals surface area (Å²) in [5.41, 5.74) is 10.5. The number of aromatic carboxylic acids is 1. The highest BCUT2D eigenvalue weighted by molar-refractivity contribution is 6.33. The molecule has 188 valence electrons. The SMILES string of the molecule is CN(C)[C@@H]1C(=O)C(C(N)=O)C(=O)[C@@]2(C#N)C(=O)C3C(=O)c4c(O)ccc(C(=O)O)c4C[C@@]3(N)C[C@@]12N. The van der Waals surface area contributed by atoms with Crippen LogP contribution in [0.4, 0.5) is 0 Å². The maximum absolute atomic E-state index is 14.1. The Balaban J connectivity index is 2.05. The number of amides is 1. The van der Waals surface area contributed by atoms with Gasteiger partial charge in [0, 0.05) is 5.54 Å². The first-order valence-corrected chi connectivity index (χ1v) is 10.8. The number of nitriles is 1. The molecule has 4 rings (SSSR count). The van der Waals surface area contributed by atoms with E-state index < -0.39 is 93.5 Å². The summed E-state index contributed by atoms with van der Waals surface area (Å²) in [6.45, 7) is 0. The van der Waals surface area contributed by atoms with Gasteiger partial charge in [-0.25, -0.2) is 4.79 Å². The summed E-state index contributed by atoms with van der Waals surface area (Å²) in [5, 5.41) is 30.3. The number of fused-ring (bicyclic) bond motifs is 3. The Morgan fingerprint density at radius 3 is 2.25 bits per heavy atom. The molecule has 3 aliphatic rings. The lowest BCUT2D eigenvalue weighted by molar-refractivity contribution is -0.166. The smallest absolute Gasteiger partial charge is 0.335 e. The number of phenolic OH excluding ortho intramolecular Hbond substituents is 1. The van der Waals surface area contributed by atoms with Crippen molar-refractivity contribution in [3.05, 3.63) is 28.8 Å². The Morgan fingerprint density at radius 2 is 1.75 bits per heavy atom. The van der Waals surface area contributed by atoms with Crippen molar-refractivity contribution in [2.24, 2.45) is 34.5 Å². The molecule has 0 spiro atoms. The fourth-order valence-corrected chi connectivity index (χ4v) is 6.41. The van der Waals surface area contributed by atoms with Crippen LogP contribution < -0.4 is 17.2 Å². The van der Waals surface area contributed by atoms with E-state index in [1.807, 2.05) is 0 Å². The summed E-state index contributed by atoms with van der Waals surface area (Å²) in [4.78, 5) is 79.7. The van der Waals surface area contributed by atoms with Crippen molar-refractivity contribution < 1.29 is 39.0 Å². The zero-order chi connectivity index (χ0) is 27.1. The first-order chi connectivity index (χ1) is 16.6. The van der Waals surface area contributed by atoms with Gasteiger partial charge in [-0.2, -0.15) is 5.26 Å². The van der Waals surface area contributed by atoms with Gasteiger partial charge in [-0.15, -0.1) is 0 Å². The van der Waals surface area contributed by atoms with E-state index in [0.717, 1.165) is 12.1 Å². The van der Waals surface area contributed by atoms with E-state index in [1.165, 1.54) is 19.0 Å². The number of phenols is 1. The van der Waals surface area contributed by atoms with Crippen LogP contribution in [0, 0.1) is 28.6 Å². The van der Waals surface area contributed by atoms with Crippen LogP contribution in [0.5, 0.6) is 5.75 Å². The van der Waals surface area contributed by atoms with Crippen LogP contribution >= 0.6 is 0 Å². The van der Waals surface area contributed by atoms with E-state index in [1.54, 1.807) is 6.07 Å². The van der Waals surface area contributed by atoms with Crippen molar-refractivity contribution in [2.45, 2.75) is 30.0 Å². The number of nitrogens with zero attached hydrogens (tertiary/aromatic N) is 2. The van der Waals surface area contributed by atoms with Gasteiger partial charge in [-0.1, -0.05) is 0 Å². The summed E-state index contributed by atoms with van der Waals surface area (Å²) in [7, 11) is 2.77. The van der Waals surface area contributed by atoms with Crippen LogP contribution in [0.15, 0.2) is 12.1 Å². The van der Waals surface area contributed by atoms with Crippen molar-refractivity contribution in [3.63, 3.8) is 0 Å². The molecular weight excluding hydrogens is 474 g/mol. The molecule has 0 heterocycles. The molecule has 13 nitrogen and oxygen atoms in total. The molecule has 1 aromatic carbocycles. The molecule has 6 atom stereocenters. The van der Waals surface area contributed by atoms with Crippen molar-refractivity contribution >= 4 is 35.0 Å². The molecular formula is C23H23N5O8. The first-order valence-electron chi connectivity index (χ1n) is 10.8. The number of benzene rings is 1. The van der Waals surface area contributed by atoms with Gasteiger partial charge in [0.25, 0.3) is 0 Å². The Labute approximate surface area is 203 Å². The maximum Gasteiger partial charge on any atom is 0.335 e. The van der Waals surface area contributed by atoms with Gasteiger partial charge < -0.3 is 27.4 Å². The fraction of sp³-hybridized carbons (Fsp3) is 0.435. The number of hydrogen-bond acceptors (Lipinski definition) is 11. The summed E-state index contributed by atoms with van der Waals surface area (Å²) < 4.78 is 0. The molecule has 36 heavy (non-hydrogen) atoms. The number of aromatic hydroxyl groups is 1. The second-order valence-corrected chi connectivity index (χ2v) is 9.91. The third-order valence-electron chi connectivity index (χ3n) is 7.70. The number of hydrogen-bond donors (Lipinski definition) is 5. The molecule has 2 unspecified atom stereocenters. The molecule has 2 fully saturated rings. The van der Waals surface area contributed by atoms with Crippen LogP contribution in [0.1, 0.15) is 32.7 Å². The van der Waals surface area contributed by atoms with E-state index in [2.05, 4.69) is 0 Å². The third-order valence-corrected chi connectivity index (χ3v) is 7.70. The molecule has 0 aliphatic heterocycles. The second-order valence-electron chi connectivity index (χ2n) is 9.91. The molecule has 3 aliphatic carbocycles. The van der Waals surface area contributed by atoms with Gasteiger partial charge in [-0.05, 0) is 44.6 Å². The monoisotopic (exact) mass is 497 g/mol. The van der Waals surface area contributed by atoms with Gasteiger partial charge >= 0.3 is 5.97 Å². The minimum Gasteiger partial charge on any atom is -0.507 e. The number of carboxylic acids is 1. The Hall–Kier alpha value is -3.99. The van der Waals surface area contributed by atoms with E-state index >= 15 is 0 Å². The molecule has 0 radical (unpaired) electrons. The number of carbonyl (C=O) groups excluding carboxylic acids is 5. The molecule has 1 amide bonds. The lowest BCUT2D eigenvalue weighted by Gasteiger charge is -2.60. The number of carbonyl (C=O) groups is 6. The van der Waals surface area contributed by atoms with E-state index in [-0.39, 0.29) is 11.1 Å². The number of primary amides is 1. The summed E-state index contributed by atoms with van der Waals surface area (Å²) in [6, 6.07) is 2.10. The molecule has 13 heteroatoms. The molecule has 0 aromatic heterocycles. The van der Waals surface area contributed by atoms with Crippen molar-refractivity contribution in [3.8, 4) is 11.8 Å². The van der Waals surface area contributed by atoms with Crippen molar-refractivity contribution in [2.75, 3.05) is 14.1 Å². The lowest BCUT2D eigenvalue weighted by Crippen LogP contribution is -2.85. The highest BCUT2D eigenvalue weighted by atomic mass is 16.4. The summed E-state index contributed by atoms with van der Waals surface area (Å²) in [6.07, 6.45) is -1.06. The minimum absolute atomic E-state index is 0.142. The standard InChI is InChI=1S/C23H23N5O8/c1-28(2)16-15(31)12(19(25)34)17(32)22(7-24)18(33)13-14(30)11-9(5-21(13,26)6-23(16,22)27)8(20(35)36)3-4-10(11)29/h3-4,12-13,16,29H,5-6,26-27H2,1-2H3,(H2,25,34)(H,35,36)/t12?,13?,16-,21-,22+,23-/m1/s1.